The molecule has 4 aromatic rings. The van der Waals surface area contributed by atoms with Crippen molar-refractivity contribution in [2.75, 3.05) is 13.2 Å². The fourth-order valence-corrected chi connectivity index (χ4v) is 4.18. The lowest BCUT2D eigenvalue weighted by molar-refractivity contribution is -0.123. The fourth-order valence-electron chi connectivity index (χ4n) is 4.18. The van der Waals surface area contributed by atoms with E-state index in [4.69, 9.17) is 9.72 Å². The second kappa shape index (κ2) is 11.5. The summed E-state index contributed by atoms with van der Waals surface area (Å²) in [5, 5.41) is 2.97. The standard InChI is InChI=1S/C29H33N3O2/c1-22-16-17-23(2)27(20-22)34-21-29(33)30-18-8-15-28-31-25-13-6-7-14-26(25)32(28)19-9-12-24-10-4-3-5-11-24/h3-7,10-11,13-14,16-17,20H,8-9,12,15,18-19,21H2,1-2H3,(H,30,33). The van der Waals surface area contributed by atoms with E-state index < -0.39 is 0 Å². The number of carbonyl (C=O) groups excluding carboxylic acids is 1. The highest BCUT2D eigenvalue weighted by molar-refractivity contribution is 5.77. The maximum atomic E-state index is 12.3. The second-order valence-corrected chi connectivity index (χ2v) is 8.77. The molecule has 1 heterocycles. The van der Waals surface area contributed by atoms with Gasteiger partial charge in [-0.05, 0) is 68.0 Å². The minimum atomic E-state index is -0.0997. The molecule has 0 unspecified atom stereocenters. The Balaban J connectivity index is 1.28. The highest BCUT2D eigenvalue weighted by Gasteiger charge is 2.11. The van der Waals surface area contributed by atoms with Crippen molar-refractivity contribution in [2.24, 2.45) is 0 Å². The number of hydrogen-bond donors (Lipinski definition) is 1. The van der Waals surface area contributed by atoms with E-state index in [1.54, 1.807) is 0 Å². The van der Waals surface area contributed by atoms with Crippen molar-refractivity contribution < 1.29 is 9.53 Å². The predicted molar refractivity (Wildman–Crippen MR) is 137 cm³/mol. The Morgan fingerprint density at radius 1 is 0.941 bits per heavy atom. The zero-order valence-electron chi connectivity index (χ0n) is 20.1. The number of benzene rings is 3. The van der Waals surface area contributed by atoms with Gasteiger partial charge in [-0.25, -0.2) is 4.98 Å². The van der Waals surface area contributed by atoms with Crippen LogP contribution in [0.25, 0.3) is 11.0 Å². The lowest BCUT2D eigenvalue weighted by Gasteiger charge is -2.11. The summed E-state index contributed by atoms with van der Waals surface area (Å²) >= 11 is 0. The molecule has 4 rings (SSSR count). The number of nitrogens with one attached hydrogen (secondary N) is 1. The van der Waals surface area contributed by atoms with Crippen molar-refractivity contribution >= 4 is 16.9 Å². The van der Waals surface area contributed by atoms with Crippen LogP contribution in [0.15, 0.2) is 72.8 Å². The summed E-state index contributed by atoms with van der Waals surface area (Å²) in [5.41, 5.74) is 5.72. The molecule has 0 fully saturated rings. The van der Waals surface area contributed by atoms with E-state index in [-0.39, 0.29) is 12.5 Å². The first-order valence-corrected chi connectivity index (χ1v) is 12.0. The van der Waals surface area contributed by atoms with E-state index >= 15 is 0 Å². The van der Waals surface area contributed by atoms with Gasteiger partial charge in [-0.2, -0.15) is 0 Å². The van der Waals surface area contributed by atoms with Gasteiger partial charge in [0, 0.05) is 19.5 Å². The summed E-state index contributed by atoms with van der Waals surface area (Å²) in [6.45, 7) is 5.56. The van der Waals surface area contributed by atoms with Crippen molar-refractivity contribution in [2.45, 2.75) is 46.1 Å². The molecule has 1 N–H and O–H groups in total. The van der Waals surface area contributed by atoms with Crippen LogP contribution in [0.2, 0.25) is 0 Å². The molecular formula is C29H33N3O2. The average molecular weight is 456 g/mol. The molecule has 5 nitrogen and oxygen atoms in total. The van der Waals surface area contributed by atoms with E-state index in [0.717, 1.165) is 60.4 Å². The Bertz CT molecular complexity index is 1230. The highest BCUT2D eigenvalue weighted by Crippen LogP contribution is 2.20. The van der Waals surface area contributed by atoms with Crippen molar-refractivity contribution in [1.82, 2.24) is 14.9 Å². The third kappa shape index (κ3) is 6.25. The second-order valence-electron chi connectivity index (χ2n) is 8.77. The van der Waals surface area contributed by atoms with Gasteiger partial charge in [0.05, 0.1) is 11.0 Å². The Kier molecular flexibility index (Phi) is 7.97. The zero-order chi connectivity index (χ0) is 23.8. The van der Waals surface area contributed by atoms with Crippen LogP contribution in [0.5, 0.6) is 5.75 Å². The minimum absolute atomic E-state index is 0.0301. The molecule has 0 bridgehead atoms. The summed E-state index contributed by atoms with van der Waals surface area (Å²) in [6, 6.07) is 24.9. The van der Waals surface area contributed by atoms with Gasteiger partial charge in [-0.3, -0.25) is 4.79 Å². The van der Waals surface area contributed by atoms with Gasteiger partial charge in [0.2, 0.25) is 0 Å². The van der Waals surface area contributed by atoms with Gasteiger partial charge in [-0.15, -0.1) is 0 Å². The SMILES string of the molecule is Cc1ccc(C)c(OCC(=O)NCCCc2nc3ccccc3n2CCCc2ccccc2)c1. The van der Waals surface area contributed by atoms with E-state index in [1.165, 1.54) is 11.1 Å². The molecule has 0 saturated carbocycles. The van der Waals surface area contributed by atoms with E-state index in [9.17, 15) is 4.79 Å². The number of aryl methyl sites for hydroxylation is 5. The number of imidazole rings is 1. The third-order valence-corrected chi connectivity index (χ3v) is 6.03. The van der Waals surface area contributed by atoms with Crippen molar-refractivity contribution in [1.29, 1.82) is 0 Å². The van der Waals surface area contributed by atoms with Crippen LogP contribution < -0.4 is 10.1 Å². The number of carbonyl (C=O) groups is 1. The van der Waals surface area contributed by atoms with Gasteiger partial charge in [0.1, 0.15) is 11.6 Å². The fraction of sp³-hybridized carbons (Fsp3) is 0.310. The van der Waals surface area contributed by atoms with Gasteiger partial charge >= 0.3 is 0 Å². The van der Waals surface area contributed by atoms with Crippen LogP contribution in [-0.2, 0) is 24.2 Å². The summed E-state index contributed by atoms with van der Waals surface area (Å²) < 4.78 is 8.04. The Hall–Kier alpha value is -3.60. The number of para-hydroxylation sites is 2. The molecule has 0 aliphatic heterocycles. The molecule has 1 amide bonds. The molecule has 176 valence electrons. The normalized spacial score (nSPS) is 11.0. The molecular weight excluding hydrogens is 422 g/mol. The number of rotatable bonds is 11. The van der Waals surface area contributed by atoms with Crippen LogP contribution in [0.3, 0.4) is 0 Å². The van der Waals surface area contributed by atoms with E-state index in [1.807, 2.05) is 38.1 Å². The zero-order valence-corrected chi connectivity index (χ0v) is 20.1. The van der Waals surface area contributed by atoms with E-state index in [2.05, 4.69) is 58.4 Å². The third-order valence-electron chi connectivity index (χ3n) is 6.03. The van der Waals surface area contributed by atoms with Crippen LogP contribution in [0, 0.1) is 13.8 Å². The molecule has 0 saturated heterocycles. The number of fused-ring (bicyclic) bond motifs is 1. The number of aromatic nitrogens is 2. The Labute approximate surface area is 201 Å². The van der Waals surface area contributed by atoms with Crippen LogP contribution in [0.4, 0.5) is 0 Å². The Morgan fingerprint density at radius 2 is 1.74 bits per heavy atom. The Morgan fingerprint density at radius 3 is 2.59 bits per heavy atom. The molecule has 0 spiro atoms. The number of hydrogen-bond acceptors (Lipinski definition) is 3. The first-order chi connectivity index (χ1) is 16.6. The summed E-state index contributed by atoms with van der Waals surface area (Å²) in [5.74, 6) is 1.74. The largest absolute Gasteiger partial charge is 0.483 e. The number of amides is 1. The number of ether oxygens (including phenoxy) is 1. The van der Waals surface area contributed by atoms with Crippen LogP contribution >= 0.6 is 0 Å². The van der Waals surface area contributed by atoms with Crippen LogP contribution in [-0.4, -0.2) is 28.6 Å². The smallest absolute Gasteiger partial charge is 0.257 e. The highest BCUT2D eigenvalue weighted by atomic mass is 16.5. The van der Waals surface area contributed by atoms with E-state index in [0.29, 0.717) is 6.54 Å². The molecule has 5 heteroatoms. The molecule has 34 heavy (non-hydrogen) atoms. The predicted octanol–water partition coefficient (Wildman–Crippen LogP) is 5.41. The number of nitrogens with zero attached hydrogens (tertiary/aromatic N) is 2. The summed E-state index contributed by atoms with van der Waals surface area (Å²) in [7, 11) is 0. The lowest BCUT2D eigenvalue weighted by atomic mass is 10.1. The molecule has 0 radical (unpaired) electrons. The van der Waals surface area contributed by atoms with Gasteiger partial charge in [0.25, 0.3) is 5.91 Å². The molecule has 0 aliphatic rings. The van der Waals surface area contributed by atoms with Gasteiger partial charge in [0.15, 0.2) is 6.61 Å². The molecule has 1 aromatic heterocycles. The van der Waals surface area contributed by atoms with Crippen molar-refractivity contribution in [3.63, 3.8) is 0 Å². The minimum Gasteiger partial charge on any atom is -0.483 e. The molecule has 0 atom stereocenters. The van der Waals surface area contributed by atoms with Crippen molar-refractivity contribution in [3.05, 3.63) is 95.3 Å². The van der Waals surface area contributed by atoms with Crippen LogP contribution in [0.1, 0.15) is 35.4 Å². The topological polar surface area (TPSA) is 56.1 Å². The maximum Gasteiger partial charge on any atom is 0.257 e. The maximum absolute atomic E-state index is 12.3. The summed E-state index contributed by atoms with van der Waals surface area (Å²) in [6.07, 6.45) is 3.75. The monoisotopic (exact) mass is 455 g/mol. The first kappa shape index (κ1) is 23.6. The van der Waals surface area contributed by atoms with Gasteiger partial charge in [-0.1, -0.05) is 54.6 Å². The van der Waals surface area contributed by atoms with Crippen molar-refractivity contribution in [3.8, 4) is 5.75 Å². The quantitative estimate of drug-likeness (QED) is 0.308. The van der Waals surface area contributed by atoms with Gasteiger partial charge < -0.3 is 14.6 Å². The first-order valence-electron chi connectivity index (χ1n) is 12.0. The molecule has 0 aliphatic carbocycles. The average Bonchev–Trinajstić information content (AvgIpc) is 3.20. The lowest BCUT2D eigenvalue weighted by Crippen LogP contribution is -2.30. The molecule has 3 aromatic carbocycles. The summed E-state index contributed by atoms with van der Waals surface area (Å²) in [4.78, 5) is 17.1.